The van der Waals surface area contributed by atoms with E-state index in [0.717, 1.165) is 6.42 Å². The summed E-state index contributed by atoms with van der Waals surface area (Å²) in [5, 5.41) is 22.1. The van der Waals surface area contributed by atoms with Crippen molar-refractivity contribution in [1.29, 1.82) is 0 Å². The fourth-order valence-corrected chi connectivity index (χ4v) is 2.35. The minimum atomic E-state index is -1.03. The number of rotatable bonds is 4. The van der Waals surface area contributed by atoms with Gasteiger partial charge < -0.3 is 10.4 Å². The van der Waals surface area contributed by atoms with Crippen molar-refractivity contribution in [3.05, 3.63) is 11.9 Å². The summed E-state index contributed by atoms with van der Waals surface area (Å²) in [5.41, 5.74) is 0.672. The lowest BCUT2D eigenvalue weighted by atomic mass is 10.0. The highest BCUT2D eigenvalue weighted by molar-refractivity contribution is 5.77. The maximum absolute atomic E-state index is 11.7. The number of carbonyl (C=O) groups excluding carboxylic acids is 1. The van der Waals surface area contributed by atoms with Gasteiger partial charge in [-0.1, -0.05) is 12.1 Å². The Labute approximate surface area is 110 Å². The van der Waals surface area contributed by atoms with Crippen molar-refractivity contribution in [2.45, 2.75) is 38.3 Å². The molecule has 19 heavy (non-hydrogen) atoms. The van der Waals surface area contributed by atoms with Crippen LogP contribution in [-0.4, -0.2) is 50.1 Å². The highest BCUT2D eigenvalue weighted by atomic mass is 16.4. The van der Waals surface area contributed by atoms with Crippen molar-refractivity contribution < 1.29 is 14.7 Å². The van der Waals surface area contributed by atoms with Gasteiger partial charge in [-0.25, -0.2) is 4.79 Å². The van der Waals surface area contributed by atoms with Crippen LogP contribution in [-0.2, 0) is 4.79 Å². The molecule has 2 rings (SSSR count). The van der Waals surface area contributed by atoms with Crippen LogP contribution in [0.25, 0.3) is 0 Å². The van der Waals surface area contributed by atoms with Crippen LogP contribution in [0.15, 0.2) is 6.20 Å². The molecule has 0 radical (unpaired) electrons. The van der Waals surface area contributed by atoms with Gasteiger partial charge in [0, 0.05) is 25.1 Å². The third-order valence-electron chi connectivity index (χ3n) is 3.25. The molecule has 1 fully saturated rings. The topological polar surface area (TPSA) is 111 Å². The lowest BCUT2D eigenvalue weighted by Crippen LogP contribution is -2.48. The SMILES string of the molecule is CCCC(=O)NC1C(c2c[nH]nn2)CCN1C(=O)O. The molecular weight excluding hydrogens is 250 g/mol. The first-order chi connectivity index (χ1) is 9.13. The van der Waals surface area contributed by atoms with Crippen LogP contribution in [0.4, 0.5) is 4.79 Å². The second kappa shape index (κ2) is 5.68. The number of carbonyl (C=O) groups is 2. The van der Waals surface area contributed by atoms with Crippen molar-refractivity contribution in [2.75, 3.05) is 6.54 Å². The highest BCUT2D eigenvalue weighted by Crippen LogP contribution is 2.30. The van der Waals surface area contributed by atoms with E-state index in [1.54, 1.807) is 6.20 Å². The average Bonchev–Trinajstić information content (AvgIpc) is 2.96. The third kappa shape index (κ3) is 2.83. The lowest BCUT2D eigenvalue weighted by molar-refractivity contribution is -0.122. The van der Waals surface area contributed by atoms with E-state index >= 15 is 0 Å². The number of carboxylic acid groups (broad SMARTS) is 1. The number of amides is 2. The number of aromatic amines is 1. The van der Waals surface area contributed by atoms with Crippen molar-refractivity contribution >= 4 is 12.0 Å². The van der Waals surface area contributed by atoms with E-state index in [-0.39, 0.29) is 11.8 Å². The minimum absolute atomic E-state index is 0.144. The number of likely N-dealkylation sites (tertiary alicyclic amines) is 1. The van der Waals surface area contributed by atoms with Gasteiger partial charge in [0.25, 0.3) is 0 Å². The molecule has 0 aromatic carbocycles. The number of nitrogens with zero attached hydrogens (tertiary/aromatic N) is 3. The van der Waals surface area contributed by atoms with Gasteiger partial charge in [-0.3, -0.25) is 14.8 Å². The van der Waals surface area contributed by atoms with E-state index in [1.165, 1.54) is 4.90 Å². The molecule has 0 saturated carbocycles. The maximum atomic E-state index is 11.7. The molecule has 2 amide bonds. The summed E-state index contributed by atoms with van der Waals surface area (Å²) < 4.78 is 0. The number of hydrogen-bond donors (Lipinski definition) is 3. The second-order valence-corrected chi connectivity index (χ2v) is 4.53. The molecule has 8 heteroatoms. The van der Waals surface area contributed by atoms with Crippen LogP contribution in [0, 0.1) is 0 Å². The molecule has 0 spiro atoms. The van der Waals surface area contributed by atoms with Crippen molar-refractivity contribution in [3.8, 4) is 0 Å². The largest absolute Gasteiger partial charge is 0.465 e. The van der Waals surface area contributed by atoms with Gasteiger partial charge >= 0.3 is 6.09 Å². The quantitative estimate of drug-likeness (QED) is 0.736. The lowest BCUT2D eigenvalue weighted by Gasteiger charge is -2.26. The molecule has 1 aliphatic heterocycles. The first kappa shape index (κ1) is 13.3. The third-order valence-corrected chi connectivity index (χ3v) is 3.25. The van der Waals surface area contributed by atoms with Gasteiger partial charge in [0.2, 0.25) is 5.91 Å². The summed E-state index contributed by atoms with van der Waals surface area (Å²) in [5.74, 6) is -0.301. The summed E-state index contributed by atoms with van der Waals surface area (Å²) in [6, 6.07) is 0. The van der Waals surface area contributed by atoms with Gasteiger partial charge in [-0.05, 0) is 12.8 Å². The van der Waals surface area contributed by atoms with Gasteiger partial charge in [0.1, 0.15) is 6.17 Å². The van der Waals surface area contributed by atoms with Crippen LogP contribution < -0.4 is 5.32 Å². The van der Waals surface area contributed by atoms with Crippen molar-refractivity contribution in [2.24, 2.45) is 0 Å². The number of H-pyrrole nitrogens is 1. The fraction of sp³-hybridized carbons (Fsp3) is 0.636. The van der Waals surface area contributed by atoms with Crippen molar-refractivity contribution in [1.82, 2.24) is 25.6 Å². The standard InChI is InChI=1S/C11H17N5O3/c1-2-3-9(17)13-10-7(8-6-12-15-14-8)4-5-16(10)11(18)19/h6-7,10H,2-5H2,1H3,(H,13,17)(H,18,19)(H,12,14,15). The van der Waals surface area contributed by atoms with Gasteiger partial charge in [0.05, 0.1) is 5.69 Å². The molecule has 2 heterocycles. The predicted octanol–water partition coefficient (Wildman–Crippen LogP) is 0.514. The summed E-state index contributed by atoms with van der Waals surface area (Å²) >= 11 is 0. The normalized spacial score (nSPS) is 22.5. The van der Waals surface area contributed by atoms with E-state index in [0.29, 0.717) is 25.1 Å². The minimum Gasteiger partial charge on any atom is -0.465 e. The average molecular weight is 267 g/mol. The monoisotopic (exact) mass is 267 g/mol. The Morgan fingerprint density at radius 1 is 1.63 bits per heavy atom. The highest BCUT2D eigenvalue weighted by Gasteiger charge is 2.40. The molecule has 104 valence electrons. The number of aromatic nitrogens is 3. The molecule has 8 nitrogen and oxygen atoms in total. The Balaban J connectivity index is 2.14. The Bertz CT molecular complexity index is 447. The molecule has 0 aliphatic carbocycles. The Kier molecular flexibility index (Phi) is 3.98. The van der Waals surface area contributed by atoms with E-state index in [9.17, 15) is 14.7 Å². The number of nitrogens with one attached hydrogen (secondary N) is 2. The van der Waals surface area contributed by atoms with E-state index in [2.05, 4.69) is 20.7 Å². The first-order valence-electron chi connectivity index (χ1n) is 6.28. The molecule has 3 N–H and O–H groups in total. The van der Waals surface area contributed by atoms with E-state index < -0.39 is 12.3 Å². The molecule has 0 bridgehead atoms. The Hall–Kier alpha value is -2.12. The van der Waals surface area contributed by atoms with Crippen LogP contribution in [0.1, 0.15) is 37.8 Å². The predicted molar refractivity (Wildman–Crippen MR) is 65.3 cm³/mol. The zero-order valence-corrected chi connectivity index (χ0v) is 10.7. The molecule has 1 aliphatic rings. The second-order valence-electron chi connectivity index (χ2n) is 4.53. The van der Waals surface area contributed by atoms with Crippen LogP contribution in [0.5, 0.6) is 0 Å². The summed E-state index contributed by atoms with van der Waals surface area (Å²) in [6.45, 7) is 2.28. The van der Waals surface area contributed by atoms with E-state index in [1.807, 2.05) is 6.92 Å². The molecule has 2 atom stereocenters. The summed E-state index contributed by atoms with van der Waals surface area (Å²) in [6.07, 6.45) is 1.76. The fourth-order valence-electron chi connectivity index (χ4n) is 2.35. The molecule has 1 saturated heterocycles. The van der Waals surface area contributed by atoms with Gasteiger partial charge in [-0.15, -0.1) is 5.10 Å². The first-order valence-corrected chi connectivity index (χ1v) is 6.28. The zero-order chi connectivity index (χ0) is 13.8. The van der Waals surface area contributed by atoms with E-state index in [4.69, 9.17) is 0 Å². The van der Waals surface area contributed by atoms with Crippen LogP contribution in [0.3, 0.4) is 0 Å². The van der Waals surface area contributed by atoms with Crippen LogP contribution >= 0.6 is 0 Å². The van der Waals surface area contributed by atoms with Crippen molar-refractivity contribution in [3.63, 3.8) is 0 Å². The number of hydrogen-bond acceptors (Lipinski definition) is 4. The molecular formula is C11H17N5O3. The Morgan fingerprint density at radius 2 is 2.42 bits per heavy atom. The van der Waals surface area contributed by atoms with Gasteiger partial charge in [0.15, 0.2) is 0 Å². The smallest absolute Gasteiger partial charge is 0.408 e. The summed E-state index contributed by atoms with van der Waals surface area (Å²) in [4.78, 5) is 24.1. The summed E-state index contributed by atoms with van der Waals surface area (Å²) in [7, 11) is 0. The molecule has 2 unspecified atom stereocenters. The van der Waals surface area contributed by atoms with Crippen LogP contribution in [0.2, 0.25) is 0 Å². The maximum Gasteiger partial charge on any atom is 0.408 e. The molecule has 1 aromatic rings. The molecule has 1 aromatic heterocycles. The zero-order valence-electron chi connectivity index (χ0n) is 10.7. The van der Waals surface area contributed by atoms with Gasteiger partial charge in [-0.2, -0.15) is 0 Å². The Morgan fingerprint density at radius 3 is 3.00 bits per heavy atom.